The van der Waals surface area contributed by atoms with Crippen LogP contribution in [0, 0.1) is 11.3 Å². The van der Waals surface area contributed by atoms with Crippen LogP contribution >= 0.6 is 23.4 Å². The zero-order valence-electron chi connectivity index (χ0n) is 14.8. The third-order valence-electron chi connectivity index (χ3n) is 3.96. The number of rotatable bonds is 5. The second kappa shape index (κ2) is 8.42. The molecular formula is C20H21ClN2OS. The van der Waals surface area contributed by atoms with Gasteiger partial charge in [-0.15, -0.1) is 11.8 Å². The molecule has 2 rings (SSSR count). The third-order valence-corrected chi connectivity index (χ3v) is 5.25. The van der Waals surface area contributed by atoms with Crippen molar-refractivity contribution in [1.82, 2.24) is 5.32 Å². The number of ketones is 1. The van der Waals surface area contributed by atoms with Crippen molar-refractivity contribution in [2.45, 2.75) is 33.6 Å². The van der Waals surface area contributed by atoms with E-state index in [0.29, 0.717) is 16.2 Å². The van der Waals surface area contributed by atoms with Crippen LogP contribution < -0.4 is 5.32 Å². The van der Waals surface area contributed by atoms with E-state index in [1.807, 2.05) is 39.0 Å². The van der Waals surface area contributed by atoms with E-state index in [9.17, 15) is 10.1 Å². The number of nitriles is 1. The third kappa shape index (κ3) is 4.36. The summed E-state index contributed by atoms with van der Waals surface area (Å²) in [5, 5.41) is 14.4. The summed E-state index contributed by atoms with van der Waals surface area (Å²) >= 11 is 7.95. The normalized spacial score (nSPS) is 17.0. The van der Waals surface area contributed by atoms with Crippen LogP contribution in [0.15, 0.2) is 57.8 Å². The zero-order valence-corrected chi connectivity index (χ0v) is 16.4. The van der Waals surface area contributed by atoms with Crippen LogP contribution in [0.2, 0.25) is 5.02 Å². The van der Waals surface area contributed by atoms with Crippen molar-refractivity contribution < 1.29 is 4.79 Å². The van der Waals surface area contributed by atoms with Gasteiger partial charge >= 0.3 is 0 Å². The molecule has 0 unspecified atom stereocenters. The van der Waals surface area contributed by atoms with Crippen LogP contribution in [0.25, 0.3) is 0 Å². The van der Waals surface area contributed by atoms with E-state index >= 15 is 0 Å². The van der Waals surface area contributed by atoms with Gasteiger partial charge in [-0.25, -0.2) is 0 Å². The number of allylic oxidation sites excluding steroid dienone is 4. The quantitative estimate of drug-likeness (QED) is 0.710. The van der Waals surface area contributed by atoms with Crippen molar-refractivity contribution in [3.05, 3.63) is 68.4 Å². The number of hydrogen-bond donors (Lipinski definition) is 1. The molecule has 0 saturated heterocycles. The van der Waals surface area contributed by atoms with Crippen molar-refractivity contribution in [1.29, 1.82) is 5.26 Å². The van der Waals surface area contributed by atoms with E-state index in [1.54, 1.807) is 17.8 Å². The number of carbonyl (C=O) groups excluding carboxylic acids is 1. The molecule has 0 bridgehead atoms. The molecule has 0 aliphatic carbocycles. The number of nitrogens with zero attached hydrogens (tertiary/aromatic N) is 1. The molecule has 1 aromatic carbocycles. The van der Waals surface area contributed by atoms with E-state index in [1.165, 1.54) is 12.5 Å². The molecule has 0 fully saturated rings. The summed E-state index contributed by atoms with van der Waals surface area (Å²) < 4.78 is 0. The molecule has 1 aliphatic rings. The molecule has 1 aromatic rings. The van der Waals surface area contributed by atoms with Crippen LogP contribution in [0.4, 0.5) is 0 Å². The first-order valence-electron chi connectivity index (χ1n) is 8.00. The summed E-state index contributed by atoms with van der Waals surface area (Å²) in [5.74, 6) is 0.260. The zero-order chi connectivity index (χ0) is 18.6. The molecule has 1 aliphatic heterocycles. The summed E-state index contributed by atoms with van der Waals surface area (Å²) in [6.45, 7) is 7.48. The number of Topliss-reactive ketones (excluding diaryl/α,β-unsaturated/α-hetero) is 1. The average molecular weight is 373 g/mol. The summed E-state index contributed by atoms with van der Waals surface area (Å²) in [5.41, 5.74) is 3.91. The van der Waals surface area contributed by atoms with Gasteiger partial charge in [-0.05, 0) is 39.3 Å². The Morgan fingerprint density at radius 3 is 2.60 bits per heavy atom. The highest BCUT2D eigenvalue weighted by Crippen LogP contribution is 2.42. The van der Waals surface area contributed by atoms with Crippen LogP contribution in [0.5, 0.6) is 0 Å². The topological polar surface area (TPSA) is 52.9 Å². The van der Waals surface area contributed by atoms with Crippen LogP contribution in [-0.2, 0) is 4.79 Å². The predicted octanol–water partition coefficient (Wildman–Crippen LogP) is 5.32. The monoisotopic (exact) mass is 372 g/mol. The Morgan fingerprint density at radius 2 is 2.04 bits per heavy atom. The largest absolute Gasteiger partial charge is 0.353 e. The number of thioether (sulfide) groups is 1. The standard InChI is InChI=1S/C20H21ClN2OS/c1-12(2)9-10-25-20-16(11-22)19(15-7-5-6-8-17(15)21)18(14(4)24)13(3)23-20/h5-9,19,23H,10H2,1-4H3/t19-/m0/s1. The fourth-order valence-corrected chi connectivity index (χ4v) is 4.18. The molecule has 130 valence electrons. The van der Waals surface area contributed by atoms with Gasteiger partial charge in [0, 0.05) is 22.0 Å². The fraction of sp³-hybridized carbons (Fsp3) is 0.300. The maximum Gasteiger partial charge on any atom is 0.158 e. The number of carbonyl (C=O) groups is 1. The molecule has 0 saturated carbocycles. The SMILES string of the molecule is CC(=O)C1=C(C)NC(SCC=C(C)C)=C(C#N)[C@@H]1c1ccccc1Cl. The van der Waals surface area contributed by atoms with E-state index in [0.717, 1.165) is 22.0 Å². The number of hydrogen-bond acceptors (Lipinski definition) is 4. The van der Waals surface area contributed by atoms with Gasteiger partial charge in [0.25, 0.3) is 0 Å². The molecule has 1 atom stereocenters. The molecular weight excluding hydrogens is 352 g/mol. The molecule has 0 aromatic heterocycles. The summed E-state index contributed by atoms with van der Waals surface area (Å²) in [7, 11) is 0. The van der Waals surface area contributed by atoms with E-state index in [4.69, 9.17) is 11.6 Å². The minimum absolute atomic E-state index is 0.0592. The maximum atomic E-state index is 12.3. The van der Waals surface area contributed by atoms with Crippen LogP contribution in [0.3, 0.4) is 0 Å². The van der Waals surface area contributed by atoms with Gasteiger partial charge in [-0.1, -0.05) is 41.4 Å². The Hall–Kier alpha value is -1.96. The highest BCUT2D eigenvalue weighted by atomic mass is 35.5. The van der Waals surface area contributed by atoms with Gasteiger partial charge in [-0.2, -0.15) is 5.26 Å². The highest BCUT2D eigenvalue weighted by molar-refractivity contribution is 8.03. The summed E-state index contributed by atoms with van der Waals surface area (Å²) in [6.07, 6.45) is 2.11. The maximum absolute atomic E-state index is 12.3. The van der Waals surface area contributed by atoms with Crippen LogP contribution in [-0.4, -0.2) is 11.5 Å². The minimum Gasteiger partial charge on any atom is -0.353 e. The van der Waals surface area contributed by atoms with Gasteiger partial charge in [0.1, 0.15) is 0 Å². The number of benzene rings is 1. The average Bonchev–Trinajstić information content (AvgIpc) is 2.54. The van der Waals surface area contributed by atoms with E-state index in [2.05, 4.69) is 17.5 Å². The first kappa shape index (κ1) is 19.4. The molecule has 1 N–H and O–H groups in total. The Morgan fingerprint density at radius 1 is 1.36 bits per heavy atom. The molecule has 1 heterocycles. The second-order valence-electron chi connectivity index (χ2n) is 6.12. The Bertz CT molecular complexity index is 826. The lowest BCUT2D eigenvalue weighted by Gasteiger charge is -2.29. The Labute approximate surface area is 158 Å². The van der Waals surface area contributed by atoms with Gasteiger partial charge in [-0.3, -0.25) is 4.79 Å². The summed E-state index contributed by atoms with van der Waals surface area (Å²) in [4.78, 5) is 12.3. The smallest absolute Gasteiger partial charge is 0.158 e. The second-order valence-corrected chi connectivity index (χ2v) is 7.56. The van der Waals surface area contributed by atoms with Gasteiger partial charge < -0.3 is 5.32 Å². The van der Waals surface area contributed by atoms with Crippen molar-refractivity contribution in [3.63, 3.8) is 0 Å². The van der Waals surface area contributed by atoms with Crippen LogP contribution in [0.1, 0.15) is 39.2 Å². The first-order valence-corrected chi connectivity index (χ1v) is 9.36. The molecule has 3 nitrogen and oxygen atoms in total. The lowest BCUT2D eigenvalue weighted by atomic mass is 9.81. The minimum atomic E-state index is -0.438. The molecule has 0 radical (unpaired) electrons. The van der Waals surface area contributed by atoms with Gasteiger partial charge in [0.2, 0.25) is 0 Å². The Balaban J connectivity index is 2.58. The van der Waals surface area contributed by atoms with Crippen molar-refractivity contribution >= 4 is 29.1 Å². The summed E-state index contributed by atoms with van der Waals surface area (Å²) in [6, 6.07) is 9.69. The fourth-order valence-electron chi connectivity index (χ4n) is 2.81. The Kier molecular flexibility index (Phi) is 6.52. The first-order chi connectivity index (χ1) is 11.9. The van der Waals surface area contributed by atoms with Gasteiger partial charge in [0.05, 0.1) is 22.6 Å². The molecule has 0 amide bonds. The number of nitrogens with one attached hydrogen (secondary N) is 1. The van der Waals surface area contributed by atoms with Crippen molar-refractivity contribution in [2.75, 3.05) is 5.75 Å². The predicted molar refractivity (Wildman–Crippen MR) is 105 cm³/mol. The lowest BCUT2D eigenvalue weighted by molar-refractivity contribution is -0.113. The lowest BCUT2D eigenvalue weighted by Crippen LogP contribution is -2.27. The molecule has 5 heteroatoms. The van der Waals surface area contributed by atoms with Crippen molar-refractivity contribution in [2.24, 2.45) is 0 Å². The van der Waals surface area contributed by atoms with Crippen molar-refractivity contribution in [3.8, 4) is 6.07 Å². The van der Waals surface area contributed by atoms with E-state index in [-0.39, 0.29) is 5.78 Å². The molecule has 0 spiro atoms. The number of halogens is 1. The van der Waals surface area contributed by atoms with Gasteiger partial charge in [0.15, 0.2) is 5.78 Å². The molecule has 25 heavy (non-hydrogen) atoms. The highest BCUT2D eigenvalue weighted by Gasteiger charge is 2.33. The number of dihydropyridines is 1. The van der Waals surface area contributed by atoms with E-state index < -0.39 is 5.92 Å².